The second-order valence-corrected chi connectivity index (χ2v) is 8.25. The van der Waals surface area contributed by atoms with Gasteiger partial charge >= 0.3 is 0 Å². The van der Waals surface area contributed by atoms with E-state index in [1.165, 1.54) is 0 Å². The molecule has 4 aromatic rings. The summed E-state index contributed by atoms with van der Waals surface area (Å²) in [6, 6.07) is 23.7. The molecule has 0 atom stereocenters. The van der Waals surface area contributed by atoms with Crippen molar-refractivity contribution >= 4 is 11.9 Å². The lowest BCUT2D eigenvalue weighted by molar-refractivity contribution is 0.104. The highest BCUT2D eigenvalue weighted by Gasteiger charge is 2.31. The summed E-state index contributed by atoms with van der Waals surface area (Å²) in [6.07, 6.45) is 4.23. The second-order valence-electron chi connectivity index (χ2n) is 8.25. The Balaban J connectivity index is 1.65. The highest BCUT2D eigenvalue weighted by atomic mass is 16.5. The van der Waals surface area contributed by atoms with Crippen molar-refractivity contribution in [2.75, 3.05) is 21.3 Å². The van der Waals surface area contributed by atoms with Crippen molar-refractivity contribution in [3.05, 3.63) is 101 Å². The Hall–Kier alpha value is -4.38. The van der Waals surface area contributed by atoms with Crippen molar-refractivity contribution in [1.29, 1.82) is 0 Å². The van der Waals surface area contributed by atoms with Crippen molar-refractivity contribution in [2.45, 2.75) is 6.42 Å². The number of hydrogen-bond acceptors (Lipinski definition) is 5. The van der Waals surface area contributed by atoms with Gasteiger partial charge in [0.25, 0.3) is 0 Å². The Morgan fingerprint density at radius 3 is 1.94 bits per heavy atom. The topological polar surface area (TPSA) is 57.7 Å². The molecule has 0 saturated carbocycles. The van der Waals surface area contributed by atoms with Crippen LogP contribution in [0, 0.1) is 0 Å². The van der Waals surface area contributed by atoms with Crippen molar-refractivity contribution in [3.8, 4) is 39.6 Å². The molecule has 1 heterocycles. The number of hydrogen-bond donors (Lipinski definition) is 0. The summed E-state index contributed by atoms with van der Waals surface area (Å²) in [4.78, 5) is 18.6. The van der Waals surface area contributed by atoms with Crippen LogP contribution in [-0.4, -0.2) is 32.1 Å². The van der Waals surface area contributed by atoms with Gasteiger partial charge in [0.05, 0.1) is 27.0 Å². The number of aromatic nitrogens is 1. The molecule has 35 heavy (non-hydrogen) atoms. The van der Waals surface area contributed by atoms with Gasteiger partial charge in [-0.25, -0.2) is 0 Å². The van der Waals surface area contributed by atoms with Crippen LogP contribution in [0.25, 0.3) is 28.5 Å². The first-order chi connectivity index (χ1) is 17.1. The number of carbonyl (C=O) groups excluding carboxylic acids is 1. The summed E-state index contributed by atoms with van der Waals surface area (Å²) >= 11 is 0. The SMILES string of the molecule is COc1cc(/C=C2/Cc3cnc(-c4ccccc4)c(-c4ccccc4)c3C2=O)cc(OC)c1OC. The minimum absolute atomic E-state index is 0.00665. The predicted molar refractivity (Wildman–Crippen MR) is 137 cm³/mol. The third-order valence-electron chi connectivity index (χ3n) is 6.19. The van der Waals surface area contributed by atoms with Crippen LogP contribution >= 0.6 is 0 Å². The zero-order chi connectivity index (χ0) is 24.4. The van der Waals surface area contributed by atoms with Crippen LogP contribution in [0.3, 0.4) is 0 Å². The minimum Gasteiger partial charge on any atom is -0.493 e. The number of ketones is 1. The Bertz CT molecular complexity index is 1400. The maximum Gasteiger partial charge on any atom is 0.203 e. The molecule has 0 bridgehead atoms. The van der Waals surface area contributed by atoms with Crippen LogP contribution < -0.4 is 14.2 Å². The third kappa shape index (κ3) is 4.06. The molecule has 174 valence electrons. The monoisotopic (exact) mass is 463 g/mol. The molecule has 0 N–H and O–H groups in total. The van der Waals surface area contributed by atoms with Gasteiger partial charge in [-0.1, -0.05) is 60.7 Å². The molecule has 5 heteroatoms. The van der Waals surface area contributed by atoms with Gasteiger partial charge in [0, 0.05) is 34.9 Å². The molecule has 0 fully saturated rings. The maximum atomic E-state index is 13.8. The van der Waals surface area contributed by atoms with Gasteiger partial charge in [0.1, 0.15) is 0 Å². The van der Waals surface area contributed by atoms with Crippen LogP contribution in [0.5, 0.6) is 17.2 Å². The van der Waals surface area contributed by atoms with E-state index in [0.717, 1.165) is 33.5 Å². The zero-order valence-corrected chi connectivity index (χ0v) is 19.9. The van der Waals surface area contributed by atoms with Crippen LogP contribution in [0.4, 0.5) is 0 Å². The zero-order valence-electron chi connectivity index (χ0n) is 19.9. The summed E-state index contributed by atoms with van der Waals surface area (Å²) in [6.45, 7) is 0. The number of carbonyl (C=O) groups is 1. The van der Waals surface area contributed by atoms with Crippen LogP contribution in [0.2, 0.25) is 0 Å². The fourth-order valence-corrected chi connectivity index (χ4v) is 4.59. The fraction of sp³-hybridized carbons (Fsp3) is 0.133. The van der Waals surface area contributed by atoms with Gasteiger partial charge in [-0.15, -0.1) is 0 Å². The molecule has 0 unspecified atom stereocenters. The number of allylic oxidation sites excluding steroid dienone is 1. The minimum atomic E-state index is 0.00665. The molecular weight excluding hydrogens is 438 g/mol. The highest BCUT2D eigenvalue weighted by molar-refractivity contribution is 6.20. The van der Waals surface area contributed by atoms with Crippen molar-refractivity contribution < 1.29 is 19.0 Å². The fourth-order valence-electron chi connectivity index (χ4n) is 4.59. The molecule has 1 aromatic heterocycles. The van der Waals surface area contributed by atoms with Crippen LogP contribution in [0.1, 0.15) is 21.5 Å². The first-order valence-corrected chi connectivity index (χ1v) is 11.3. The van der Waals surface area contributed by atoms with E-state index in [9.17, 15) is 4.79 Å². The van der Waals surface area contributed by atoms with Crippen LogP contribution in [-0.2, 0) is 6.42 Å². The van der Waals surface area contributed by atoms with Crippen molar-refractivity contribution in [3.63, 3.8) is 0 Å². The van der Waals surface area contributed by atoms with Crippen molar-refractivity contribution in [1.82, 2.24) is 4.98 Å². The van der Waals surface area contributed by atoms with E-state index in [-0.39, 0.29) is 5.78 Å². The standard InChI is InChI=1S/C30H25NO4/c1-33-24-15-19(16-25(34-2)30(24)35-3)14-22-17-23-18-31-28(21-12-8-5-9-13-21)26(27(23)29(22)32)20-10-6-4-7-11-20/h4-16,18H,17H2,1-3H3/b22-14-. The average Bonchev–Trinajstić information content (AvgIpc) is 3.23. The lowest BCUT2D eigenvalue weighted by Gasteiger charge is -2.14. The number of pyridine rings is 1. The largest absolute Gasteiger partial charge is 0.493 e. The van der Waals surface area contributed by atoms with Crippen molar-refractivity contribution in [2.24, 2.45) is 0 Å². The van der Waals surface area contributed by atoms with Gasteiger partial charge in [-0.2, -0.15) is 0 Å². The molecule has 3 aromatic carbocycles. The molecule has 0 saturated heterocycles. The van der Waals surface area contributed by atoms with Gasteiger partial charge in [-0.05, 0) is 34.9 Å². The van der Waals surface area contributed by atoms with E-state index >= 15 is 0 Å². The number of Topliss-reactive ketones (excluding diaryl/α,β-unsaturated/α-hetero) is 1. The Labute approximate surface area is 204 Å². The lowest BCUT2D eigenvalue weighted by Crippen LogP contribution is -2.02. The first-order valence-electron chi connectivity index (χ1n) is 11.3. The van der Waals surface area contributed by atoms with E-state index in [2.05, 4.69) is 0 Å². The Morgan fingerprint density at radius 1 is 0.771 bits per heavy atom. The molecule has 0 radical (unpaired) electrons. The Kier molecular flexibility index (Phi) is 6.06. The summed E-state index contributed by atoms with van der Waals surface area (Å²) in [5, 5.41) is 0. The molecule has 5 nitrogen and oxygen atoms in total. The quantitative estimate of drug-likeness (QED) is 0.316. The van der Waals surface area contributed by atoms with Gasteiger partial charge in [-0.3, -0.25) is 9.78 Å². The van der Waals surface area contributed by atoms with Crippen LogP contribution in [0.15, 0.2) is 84.6 Å². The predicted octanol–water partition coefficient (Wildman–Crippen LogP) is 6.26. The Morgan fingerprint density at radius 2 is 1.37 bits per heavy atom. The summed E-state index contributed by atoms with van der Waals surface area (Å²) in [7, 11) is 4.72. The molecule has 0 aliphatic heterocycles. The molecule has 0 spiro atoms. The maximum absolute atomic E-state index is 13.8. The van der Waals surface area contributed by atoms with E-state index in [0.29, 0.717) is 34.8 Å². The molecule has 0 amide bonds. The van der Waals surface area contributed by atoms with E-state index in [1.54, 1.807) is 21.3 Å². The van der Waals surface area contributed by atoms with E-state index in [1.807, 2.05) is 85.1 Å². The highest BCUT2D eigenvalue weighted by Crippen LogP contribution is 2.42. The lowest BCUT2D eigenvalue weighted by atomic mass is 9.92. The van der Waals surface area contributed by atoms with Gasteiger partial charge in [0.2, 0.25) is 5.75 Å². The number of nitrogens with zero attached hydrogens (tertiary/aromatic N) is 1. The molecular formula is C30H25NO4. The number of fused-ring (bicyclic) bond motifs is 1. The molecule has 5 rings (SSSR count). The van der Waals surface area contributed by atoms with Gasteiger partial charge in [0.15, 0.2) is 17.3 Å². The second kappa shape index (κ2) is 9.47. The number of rotatable bonds is 6. The number of methoxy groups -OCH3 is 3. The number of benzene rings is 3. The van der Waals surface area contributed by atoms with Gasteiger partial charge < -0.3 is 14.2 Å². The summed E-state index contributed by atoms with van der Waals surface area (Å²) in [5.41, 5.74) is 6.75. The third-order valence-corrected chi connectivity index (χ3v) is 6.19. The first kappa shape index (κ1) is 22.4. The molecule has 1 aliphatic rings. The molecule has 1 aliphatic carbocycles. The summed E-state index contributed by atoms with van der Waals surface area (Å²) < 4.78 is 16.4. The normalized spacial score (nSPS) is 13.6. The van der Waals surface area contributed by atoms with E-state index in [4.69, 9.17) is 19.2 Å². The summed E-state index contributed by atoms with van der Waals surface area (Å²) in [5.74, 6) is 1.60. The average molecular weight is 464 g/mol. The van der Waals surface area contributed by atoms with E-state index < -0.39 is 0 Å². The number of ether oxygens (including phenoxy) is 3. The smallest absolute Gasteiger partial charge is 0.203 e.